The van der Waals surface area contributed by atoms with E-state index in [9.17, 15) is 4.79 Å². The van der Waals surface area contributed by atoms with Gasteiger partial charge in [0, 0.05) is 11.6 Å². The second-order valence-corrected chi connectivity index (χ2v) is 6.25. The molecule has 0 aliphatic carbocycles. The molecule has 3 rings (SSSR count). The Morgan fingerprint density at radius 3 is 2.71 bits per heavy atom. The zero-order valence-electron chi connectivity index (χ0n) is 13.8. The summed E-state index contributed by atoms with van der Waals surface area (Å²) in [7, 11) is 1.59. The summed E-state index contributed by atoms with van der Waals surface area (Å²) in [5.41, 5.74) is 2.56. The SMILES string of the molecule is COc1c(C)cccc1C(=O)N1CCO[C@H](c2ccc(Cl)cc2)C1. The Morgan fingerprint density at radius 1 is 1.25 bits per heavy atom. The monoisotopic (exact) mass is 345 g/mol. The molecule has 0 unspecified atom stereocenters. The minimum absolute atomic E-state index is 0.0298. The van der Waals surface area contributed by atoms with E-state index in [1.54, 1.807) is 13.2 Å². The van der Waals surface area contributed by atoms with Crippen molar-refractivity contribution in [3.8, 4) is 5.75 Å². The number of nitrogens with zero attached hydrogens (tertiary/aromatic N) is 1. The van der Waals surface area contributed by atoms with E-state index in [1.165, 1.54) is 0 Å². The smallest absolute Gasteiger partial charge is 0.257 e. The molecule has 126 valence electrons. The molecule has 5 heteroatoms. The topological polar surface area (TPSA) is 38.8 Å². The molecule has 1 amide bonds. The molecule has 0 aromatic heterocycles. The number of rotatable bonds is 3. The van der Waals surface area contributed by atoms with Crippen LogP contribution in [-0.2, 0) is 4.74 Å². The van der Waals surface area contributed by atoms with Crippen LogP contribution in [0.3, 0.4) is 0 Å². The average molecular weight is 346 g/mol. The van der Waals surface area contributed by atoms with Crippen LogP contribution >= 0.6 is 11.6 Å². The van der Waals surface area contributed by atoms with Crippen LogP contribution in [0, 0.1) is 6.92 Å². The Hall–Kier alpha value is -2.04. The van der Waals surface area contributed by atoms with E-state index in [0.29, 0.717) is 36.0 Å². The van der Waals surface area contributed by atoms with Crippen molar-refractivity contribution in [3.05, 3.63) is 64.2 Å². The first-order chi connectivity index (χ1) is 11.6. The van der Waals surface area contributed by atoms with Gasteiger partial charge in [0.05, 0.1) is 25.8 Å². The minimum atomic E-state index is -0.143. The molecular weight excluding hydrogens is 326 g/mol. The van der Waals surface area contributed by atoms with Gasteiger partial charge in [-0.05, 0) is 36.2 Å². The molecule has 0 saturated carbocycles. The number of aryl methyl sites for hydroxylation is 1. The number of hydrogen-bond donors (Lipinski definition) is 0. The summed E-state index contributed by atoms with van der Waals surface area (Å²) in [6.07, 6.45) is -0.143. The van der Waals surface area contributed by atoms with Gasteiger partial charge in [0.25, 0.3) is 5.91 Å². The molecule has 1 fully saturated rings. The molecule has 1 aliphatic rings. The Bertz CT molecular complexity index is 730. The molecule has 0 spiro atoms. The maximum atomic E-state index is 12.9. The first kappa shape index (κ1) is 16.8. The van der Waals surface area contributed by atoms with Crippen LogP contribution in [0.5, 0.6) is 5.75 Å². The van der Waals surface area contributed by atoms with Crippen molar-refractivity contribution < 1.29 is 14.3 Å². The van der Waals surface area contributed by atoms with E-state index in [-0.39, 0.29) is 12.0 Å². The maximum Gasteiger partial charge on any atom is 0.257 e. The molecule has 1 atom stereocenters. The highest BCUT2D eigenvalue weighted by Crippen LogP contribution is 2.28. The predicted octanol–water partition coefficient (Wildman–Crippen LogP) is 3.87. The van der Waals surface area contributed by atoms with Crippen molar-refractivity contribution in [2.75, 3.05) is 26.8 Å². The van der Waals surface area contributed by atoms with Gasteiger partial charge in [-0.15, -0.1) is 0 Å². The lowest BCUT2D eigenvalue weighted by molar-refractivity contribution is -0.0229. The quantitative estimate of drug-likeness (QED) is 0.847. The fraction of sp³-hybridized carbons (Fsp3) is 0.316. The van der Waals surface area contributed by atoms with Crippen molar-refractivity contribution in [1.82, 2.24) is 4.90 Å². The van der Waals surface area contributed by atoms with Crippen LogP contribution in [0.4, 0.5) is 0 Å². The molecule has 0 N–H and O–H groups in total. The lowest BCUT2D eigenvalue weighted by Crippen LogP contribution is -2.42. The second-order valence-electron chi connectivity index (χ2n) is 5.82. The molecule has 1 aliphatic heterocycles. The van der Waals surface area contributed by atoms with E-state index in [2.05, 4.69) is 0 Å². The fourth-order valence-electron chi connectivity index (χ4n) is 2.98. The zero-order valence-corrected chi connectivity index (χ0v) is 14.5. The number of carbonyl (C=O) groups excluding carboxylic acids is 1. The van der Waals surface area contributed by atoms with Crippen LogP contribution in [0.15, 0.2) is 42.5 Å². The normalized spacial score (nSPS) is 17.6. The third-order valence-corrected chi connectivity index (χ3v) is 4.49. The summed E-state index contributed by atoms with van der Waals surface area (Å²) in [6.45, 7) is 3.52. The maximum absolute atomic E-state index is 12.9. The highest BCUT2D eigenvalue weighted by Gasteiger charge is 2.28. The zero-order chi connectivity index (χ0) is 17.1. The van der Waals surface area contributed by atoms with E-state index >= 15 is 0 Å². The standard InChI is InChI=1S/C19H20ClNO3/c1-13-4-3-5-16(18(13)23-2)19(22)21-10-11-24-17(12-21)14-6-8-15(20)9-7-14/h3-9,17H,10-12H2,1-2H3/t17-/m0/s1. The minimum Gasteiger partial charge on any atom is -0.496 e. The highest BCUT2D eigenvalue weighted by atomic mass is 35.5. The van der Waals surface area contributed by atoms with E-state index in [4.69, 9.17) is 21.1 Å². The first-order valence-corrected chi connectivity index (χ1v) is 8.28. The molecule has 0 radical (unpaired) electrons. The Labute approximate surface area is 146 Å². The molecule has 1 heterocycles. The summed E-state index contributed by atoms with van der Waals surface area (Å²) in [5, 5.41) is 0.687. The van der Waals surface area contributed by atoms with Gasteiger partial charge in [-0.2, -0.15) is 0 Å². The first-order valence-electron chi connectivity index (χ1n) is 7.90. The van der Waals surface area contributed by atoms with Crippen LogP contribution in [-0.4, -0.2) is 37.6 Å². The number of hydrogen-bond acceptors (Lipinski definition) is 3. The lowest BCUT2D eigenvalue weighted by atomic mass is 10.1. The van der Waals surface area contributed by atoms with Crippen LogP contribution < -0.4 is 4.74 Å². The summed E-state index contributed by atoms with van der Waals surface area (Å²) >= 11 is 5.94. The molecular formula is C19H20ClNO3. The number of carbonyl (C=O) groups is 1. The molecule has 0 bridgehead atoms. The number of halogens is 1. The van der Waals surface area contributed by atoms with E-state index in [0.717, 1.165) is 11.1 Å². The third-order valence-electron chi connectivity index (χ3n) is 4.24. The Morgan fingerprint density at radius 2 is 2.00 bits per heavy atom. The summed E-state index contributed by atoms with van der Waals surface area (Å²) < 4.78 is 11.3. The van der Waals surface area contributed by atoms with Crippen molar-refractivity contribution in [3.63, 3.8) is 0 Å². The Kier molecular flexibility index (Phi) is 5.07. The van der Waals surface area contributed by atoms with Gasteiger partial charge < -0.3 is 14.4 Å². The van der Waals surface area contributed by atoms with Gasteiger partial charge >= 0.3 is 0 Å². The number of benzene rings is 2. The van der Waals surface area contributed by atoms with Crippen molar-refractivity contribution in [1.29, 1.82) is 0 Å². The van der Waals surface area contributed by atoms with Gasteiger partial charge in [-0.25, -0.2) is 0 Å². The molecule has 4 nitrogen and oxygen atoms in total. The third kappa shape index (κ3) is 3.40. The fourth-order valence-corrected chi connectivity index (χ4v) is 3.10. The van der Waals surface area contributed by atoms with Crippen LogP contribution in [0.2, 0.25) is 5.02 Å². The van der Waals surface area contributed by atoms with Gasteiger partial charge in [0.15, 0.2) is 0 Å². The number of ether oxygens (including phenoxy) is 2. The van der Waals surface area contributed by atoms with Crippen molar-refractivity contribution >= 4 is 17.5 Å². The van der Waals surface area contributed by atoms with Crippen molar-refractivity contribution in [2.24, 2.45) is 0 Å². The molecule has 2 aromatic rings. The summed E-state index contributed by atoms with van der Waals surface area (Å²) in [4.78, 5) is 14.8. The highest BCUT2D eigenvalue weighted by molar-refractivity contribution is 6.30. The van der Waals surface area contributed by atoms with Gasteiger partial charge in [-0.3, -0.25) is 4.79 Å². The van der Waals surface area contributed by atoms with Gasteiger partial charge in [0.2, 0.25) is 0 Å². The number of para-hydroxylation sites is 1. The summed E-state index contributed by atoms with van der Waals surface area (Å²) in [5.74, 6) is 0.606. The molecule has 2 aromatic carbocycles. The van der Waals surface area contributed by atoms with Crippen LogP contribution in [0.25, 0.3) is 0 Å². The molecule has 24 heavy (non-hydrogen) atoms. The number of morpholine rings is 1. The second kappa shape index (κ2) is 7.24. The lowest BCUT2D eigenvalue weighted by Gasteiger charge is -2.33. The number of methoxy groups -OCH3 is 1. The largest absolute Gasteiger partial charge is 0.496 e. The Balaban J connectivity index is 1.81. The van der Waals surface area contributed by atoms with Crippen LogP contribution in [0.1, 0.15) is 27.6 Å². The average Bonchev–Trinajstić information content (AvgIpc) is 2.61. The van der Waals surface area contributed by atoms with E-state index < -0.39 is 0 Å². The summed E-state index contributed by atoms with van der Waals surface area (Å²) in [6, 6.07) is 13.2. The number of amides is 1. The molecule has 1 saturated heterocycles. The van der Waals surface area contributed by atoms with Gasteiger partial charge in [0.1, 0.15) is 11.9 Å². The van der Waals surface area contributed by atoms with Gasteiger partial charge in [-0.1, -0.05) is 35.9 Å². The van der Waals surface area contributed by atoms with Crippen molar-refractivity contribution in [2.45, 2.75) is 13.0 Å². The predicted molar refractivity (Wildman–Crippen MR) is 93.8 cm³/mol. The van der Waals surface area contributed by atoms with E-state index in [1.807, 2.05) is 48.2 Å².